The topological polar surface area (TPSA) is 93.5 Å². The Hall–Kier alpha value is -2.23. The largest absolute Gasteiger partial charge is 0.378 e. The van der Waals surface area contributed by atoms with Crippen LogP contribution in [-0.2, 0) is 26.1 Å². The fraction of sp³-hybridized carbons (Fsp3) is 0.412. The molecule has 0 unspecified atom stereocenters. The molecule has 1 saturated heterocycles. The summed E-state index contributed by atoms with van der Waals surface area (Å²) in [5.74, 6) is -0.254. The van der Waals surface area contributed by atoms with E-state index in [-0.39, 0.29) is 30.4 Å². The Morgan fingerprint density at radius 2 is 2.12 bits per heavy atom. The van der Waals surface area contributed by atoms with E-state index in [0.717, 1.165) is 0 Å². The normalized spacial score (nSPS) is 18.6. The number of carbonyl (C=O) groups is 1. The van der Waals surface area contributed by atoms with Crippen molar-refractivity contribution in [3.8, 4) is 0 Å². The summed E-state index contributed by atoms with van der Waals surface area (Å²) in [6, 6.07) is 8.51. The van der Waals surface area contributed by atoms with Gasteiger partial charge in [0.2, 0.25) is 15.9 Å². The molecule has 2 heterocycles. The van der Waals surface area contributed by atoms with Crippen molar-refractivity contribution in [3.63, 3.8) is 0 Å². The number of benzene rings is 1. The van der Waals surface area contributed by atoms with Crippen LogP contribution in [0.3, 0.4) is 0 Å². The first-order valence-corrected chi connectivity index (χ1v) is 9.91. The minimum Gasteiger partial charge on any atom is -0.378 e. The van der Waals surface area contributed by atoms with Crippen LogP contribution < -0.4 is 5.32 Å². The number of para-hydroxylation sites is 1. The number of nitrogens with one attached hydrogen (secondary N) is 1. The Bertz CT molecular complexity index is 851. The zero-order valence-electron chi connectivity index (χ0n) is 14.5. The predicted molar refractivity (Wildman–Crippen MR) is 96.1 cm³/mol. The van der Waals surface area contributed by atoms with Gasteiger partial charge in [0, 0.05) is 31.4 Å². The monoisotopic (exact) mass is 378 g/mol. The first-order chi connectivity index (χ1) is 12.5. The van der Waals surface area contributed by atoms with Crippen molar-refractivity contribution in [2.24, 2.45) is 0 Å². The van der Waals surface area contributed by atoms with Crippen LogP contribution in [0.2, 0.25) is 0 Å². The fourth-order valence-corrected chi connectivity index (χ4v) is 4.40. The molecule has 0 bridgehead atoms. The van der Waals surface area contributed by atoms with E-state index in [1.165, 1.54) is 16.7 Å². The number of hydrogen-bond donors (Lipinski definition) is 1. The van der Waals surface area contributed by atoms with Crippen molar-refractivity contribution in [1.29, 1.82) is 0 Å². The summed E-state index contributed by atoms with van der Waals surface area (Å²) in [4.78, 5) is 12.5. The third-order valence-corrected chi connectivity index (χ3v) is 6.10. The lowest BCUT2D eigenvalue weighted by Crippen LogP contribution is -2.49. The lowest BCUT2D eigenvalue weighted by atomic mass is 10.2. The molecule has 1 aromatic carbocycles. The number of aryl methyl sites for hydroxylation is 1. The number of anilines is 1. The van der Waals surface area contributed by atoms with Gasteiger partial charge in [-0.2, -0.15) is 9.40 Å². The second-order valence-corrected chi connectivity index (χ2v) is 7.89. The molecule has 8 nitrogen and oxygen atoms in total. The van der Waals surface area contributed by atoms with Crippen molar-refractivity contribution in [2.45, 2.75) is 30.8 Å². The van der Waals surface area contributed by atoms with E-state index in [0.29, 0.717) is 18.8 Å². The SMILES string of the molecule is CCn1cc(S(=O)(=O)N2CCOC[C@H]2CC(=O)Nc2ccccc2)cn1. The lowest BCUT2D eigenvalue weighted by Gasteiger charge is -2.33. The van der Waals surface area contributed by atoms with Crippen LogP contribution >= 0.6 is 0 Å². The quantitative estimate of drug-likeness (QED) is 0.818. The van der Waals surface area contributed by atoms with Gasteiger partial charge in [-0.1, -0.05) is 18.2 Å². The van der Waals surface area contributed by atoms with Crippen molar-refractivity contribution in [1.82, 2.24) is 14.1 Å². The summed E-state index contributed by atoms with van der Waals surface area (Å²) in [5.41, 5.74) is 0.674. The lowest BCUT2D eigenvalue weighted by molar-refractivity contribution is -0.118. The van der Waals surface area contributed by atoms with Gasteiger partial charge in [-0.3, -0.25) is 9.48 Å². The highest BCUT2D eigenvalue weighted by molar-refractivity contribution is 7.89. The van der Waals surface area contributed by atoms with Gasteiger partial charge in [0.1, 0.15) is 4.90 Å². The van der Waals surface area contributed by atoms with E-state index in [2.05, 4.69) is 10.4 Å². The van der Waals surface area contributed by atoms with Crippen molar-refractivity contribution < 1.29 is 17.9 Å². The van der Waals surface area contributed by atoms with Gasteiger partial charge in [-0.05, 0) is 19.1 Å². The van der Waals surface area contributed by atoms with Crippen LogP contribution in [-0.4, -0.2) is 54.2 Å². The maximum Gasteiger partial charge on any atom is 0.246 e. The van der Waals surface area contributed by atoms with Gasteiger partial charge in [-0.15, -0.1) is 0 Å². The van der Waals surface area contributed by atoms with E-state index < -0.39 is 16.1 Å². The van der Waals surface area contributed by atoms with Gasteiger partial charge in [0.25, 0.3) is 0 Å². The maximum absolute atomic E-state index is 13.0. The predicted octanol–water partition coefficient (Wildman–Crippen LogP) is 1.32. The number of ether oxygens (including phenoxy) is 1. The molecular formula is C17H22N4O4S. The van der Waals surface area contributed by atoms with Gasteiger partial charge >= 0.3 is 0 Å². The molecule has 140 valence electrons. The van der Waals surface area contributed by atoms with Gasteiger partial charge in [-0.25, -0.2) is 8.42 Å². The summed E-state index contributed by atoms with van der Waals surface area (Å²) in [6.45, 7) is 3.17. The highest BCUT2D eigenvalue weighted by atomic mass is 32.2. The molecule has 9 heteroatoms. The van der Waals surface area contributed by atoms with Gasteiger partial charge in [0.05, 0.1) is 25.5 Å². The molecule has 26 heavy (non-hydrogen) atoms. The Balaban J connectivity index is 1.74. The van der Waals surface area contributed by atoms with E-state index in [9.17, 15) is 13.2 Å². The molecule has 1 atom stereocenters. The number of morpholine rings is 1. The van der Waals surface area contributed by atoms with Crippen LogP contribution in [0.1, 0.15) is 13.3 Å². The molecule has 3 rings (SSSR count). The number of rotatable bonds is 6. The number of amides is 1. The van der Waals surface area contributed by atoms with E-state index in [4.69, 9.17) is 4.74 Å². The van der Waals surface area contributed by atoms with Crippen LogP contribution in [0.25, 0.3) is 0 Å². The van der Waals surface area contributed by atoms with E-state index >= 15 is 0 Å². The zero-order valence-corrected chi connectivity index (χ0v) is 15.4. The van der Waals surface area contributed by atoms with Crippen molar-refractivity contribution in [2.75, 3.05) is 25.1 Å². The summed E-state index contributed by atoms with van der Waals surface area (Å²) < 4.78 is 34.2. The molecule has 0 spiro atoms. The number of nitrogens with zero attached hydrogens (tertiary/aromatic N) is 3. The van der Waals surface area contributed by atoms with Crippen LogP contribution in [0.5, 0.6) is 0 Å². The molecule has 1 fully saturated rings. The first kappa shape index (κ1) is 18.6. The number of sulfonamides is 1. The third-order valence-electron chi connectivity index (χ3n) is 4.19. The molecule has 1 aliphatic heterocycles. The summed E-state index contributed by atoms with van der Waals surface area (Å²) in [6.07, 6.45) is 2.87. The highest BCUT2D eigenvalue weighted by Crippen LogP contribution is 2.22. The molecule has 1 amide bonds. The van der Waals surface area contributed by atoms with Gasteiger partial charge in [0.15, 0.2) is 0 Å². The molecule has 0 saturated carbocycles. The molecule has 0 aliphatic carbocycles. The second-order valence-electron chi connectivity index (χ2n) is 5.99. The third kappa shape index (κ3) is 4.12. The molecule has 1 aliphatic rings. The standard InChI is InChI=1S/C17H22N4O4S/c1-2-20-12-16(11-18-20)26(23,24)21-8-9-25-13-15(21)10-17(22)19-14-6-4-3-5-7-14/h3-7,11-12,15H,2,8-10,13H2,1H3,(H,19,22)/t15-/m1/s1. The minimum atomic E-state index is -3.73. The first-order valence-electron chi connectivity index (χ1n) is 8.47. The number of aromatic nitrogens is 2. The average molecular weight is 378 g/mol. The Kier molecular flexibility index (Phi) is 5.70. The van der Waals surface area contributed by atoms with Crippen LogP contribution in [0, 0.1) is 0 Å². The smallest absolute Gasteiger partial charge is 0.246 e. The molecule has 1 aromatic heterocycles. The number of carbonyl (C=O) groups excluding carboxylic acids is 1. The van der Waals surface area contributed by atoms with Crippen LogP contribution in [0.15, 0.2) is 47.6 Å². The maximum atomic E-state index is 13.0. The Morgan fingerprint density at radius 1 is 1.35 bits per heavy atom. The van der Waals surface area contributed by atoms with E-state index in [1.807, 2.05) is 25.1 Å². The Morgan fingerprint density at radius 3 is 2.81 bits per heavy atom. The molecule has 2 aromatic rings. The minimum absolute atomic E-state index is 0.0238. The second kappa shape index (κ2) is 7.98. The average Bonchev–Trinajstić information content (AvgIpc) is 3.13. The van der Waals surface area contributed by atoms with E-state index in [1.54, 1.807) is 16.8 Å². The van der Waals surface area contributed by atoms with Crippen LogP contribution in [0.4, 0.5) is 5.69 Å². The summed E-state index contributed by atoms with van der Waals surface area (Å²) in [5, 5.41) is 6.82. The highest BCUT2D eigenvalue weighted by Gasteiger charge is 2.36. The zero-order chi connectivity index (χ0) is 18.6. The summed E-state index contributed by atoms with van der Waals surface area (Å²) in [7, 11) is -3.73. The molecule has 0 radical (unpaired) electrons. The van der Waals surface area contributed by atoms with Gasteiger partial charge < -0.3 is 10.1 Å². The fourth-order valence-electron chi connectivity index (χ4n) is 2.85. The number of hydrogen-bond acceptors (Lipinski definition) is 5. The van der Waals surface area contributed by atoms with Crippen molar-refractivity contribution >= 4 is 21.6 Å². The Labute approximate surface area is 152 Å². The van der Waals surface area contributed by atoms with Crippen molar-refractivity contribution in [3.05, 3.63) is 42.7 Å². The molecular weight excluding hydrogens is 356 g/mol. The molecule has 1 N–H and O–H groups in total. The summed E-state index contributed by atoms with van der Waals surface area (Å²) >= 11 is 0.